The van der Waals surface area contributed by atoms with Gasteiger partial charge in [-0.1, -0.05) is 18.2 Å². The van der Waals surface area contributed by atoms with Gasteiger partial charge in [-0.05, 0) is 32.0 Å². The van der Waals surface area contributed by atoms with Crippen LogP contribution in [0.1, 0.15) is 21.7 Å². The summed E-state index contributed by atoms with van der Waals surface area (Å²) in [6.07, 6.45) is 2.53. The van der Waals surface area contributed by atoms with Crippen LogP contribution in [-0.2, 0) is 17.1 Å². The molecule has 7 nitrogen and oxygen atoms in total. The number of rotatable bonds is 4. The summed E-state index contributed by atoms with van der Waals surface area (Å²) >= 11 is 0. The number of hydrogen-bond donors (Lipinski definition) is 1. The molecular weight excluding hydrogens is 340 g/mol. The molecule has 0 saturated heterocycles. The van der Waals surface area contributed by atoms with Crippen molar-refractivity contribution in [3.63, 3.8) is 0 Å². The Balaban J connectivity index is 1.94. The minimum absolute atomic E-state index is 0.0554. The number of aryl methyl sites for hydroxylation is 2. The van der Waals surface area contributed by atoms with Crippen molar-refractivity contribution >= 4 is 15.9 Å². The fourth-order valence-electron chi connectivity index (χ4n) is 2.74. The first-order chi connectivity index (χ1) is 11.8. The Labute approximate surface area is 146 Å². The number of nitrogens with one attached hydrogen (secondary N) is 1. The minimum atomic E-state index is -3.96. The molecule has 2 aromatic heterocycles. The fourth-order valence-corrected chi connectivity index (χ4v) is 3.69. The van der Waals surface area contributed by atoms with Gasteiger partial charge in [0, 0.05) is 30.3 Å². The molecule has 3 rings (SSSR count). The third-order valence-electron chi connectivity index (χ3n) is 3.91. The standard InChI is InChI=1S/C17H18N4O3S/c1-12-9-16(13(2)21(12)14-7-5-4-6-8-14)17(22)19-25(23,24)15-10-18-20(3)11-15/h4-11H,1-3H3,(H,19,22). The van der Waals surface area contributed by atoms with Crippen LogP contribution < -0.4 is 4.72 Å². The van der Waals surface area contributed by atoms with Crippen LogP contribution >= 0.6 is 0 Å². The van der Waals surface area contributed by atoms with Crippen LogP contribution in [0.3, 0.4) is 0 Å². The van der Waals surface area contributed by atoms with Crippen LogP contribution in [0.15, 0.2) is 53.7 Å². The molecule has 0 atom stereocenters. The maximum atomic E-state index is 12.5. The summed E-state index contributed by atoms with van der Waals surface area (Å²) < 4.78 is 30.0. The lowest BCUT2D eigenvalue weighted by molar-refractivity contribution is 0.0981. The molecule has 0 aliphatic carbocycles. The second-order valence-electron chi connectivity index (χ2n) is 5.74. The molecule has 0 fully saturated rings. The molecule has 0 aliphatic heterocycles. The van der Waals surface area contributed by atoms with E-state index in [1.54, 1.807) is 20.0 Å². The number of aromatic nitrogens is 3. The molecule has 0 bridgehead atoms. The molecule has 0 unspecified atom stereocenters. The topological polar surface area (TPSA) is 86.0 Å². The van der Waals surface area contributed by atoms with Crippen molar-refractivity contribution in [1.29, 1.82) is 0 Å². The predicted molar refractivity (Wildman–Crippen MR) is 93.1 cm³/mol. The van der Waals surface area contributed by atoms with Gasteiger partial charge in [0.2, 0.25) is 0 Å². The van der Waals surface area contributed by atoms with Crippen LogP contribution in [0, 0.1) is 13.8 Å². The number of carbonyl (C=O) groups excluding carboxylic acids is 1. The minimum Gasteiger partial charge on any atom is -0.318 e. The van der Waals surface area contributed by atoms with Crippen molar-refractivity contribution in [3.05, 3.63) is 65.7 Å². The summed E-state index contributed by atoms with van der Waals surface area (Å²) in [5.41, 5.74) is 2.73. The highest BCUT2D eigenvalue weighted by atomic mass is 32.2. The summed E-state index contributed by atoms with van der Waals surface area (Å²) in [6.45, 7) is 3.65. The molecular formula is C17H18N4O3S. The van der Waals surface area contributed by atoms with Crippen molar-refractivity contribution in [3.8, 4) is 5.69 Å². The molecule has 0 aliphatic rings. The van der Waals surface area contributed by atoms with E-state index < -0.39 is 15.9 Å². The zero-order valence-electron chi connectivity index (χ0n) is 14.1. The van der Waals surface area contributed by atoms with Crippen molar-refractivity contribution in [2.24, 2.45) is 7.05 Å². The molecule has 0 spiro atoms. The van der Waals surface area contributed by atoms with Crippen molar-refractivity contribution in [2.45, 2.75) is 18.7 Å². The van der Waals surface area contributed by atoms with Gasteiger partial charge in [0.25, 0.3) is 15.9 Å². The molecule has 25 heavy (non-hydrogen) atoms. The number of nitrogens with zero attached hydrogens (tertiary/aromatic N) is 3. The first kappa shape index (κ1) is 17.0. The fraction of sp³-hybridized carbons (Fsp3) is 0.176. The zero-order valence-corrected chi connectivity index (χ0v) is 14.9. The predicted octanol–water partition coefficient (Wildman–Crippen LogP) is 1.95. The number of sulfonamides is 1. The van der Waals surface area contributed by atoms with E-state index in [4.69, 9.17) is 0 Å². The molecule has 1 amide bonds. The first-order valence-corrected chi connectivity index (χ1v) is 9.08. The largest absolute Gasteiger partial charge is 0.318 e. The van der Waals surface area contributed by atoms with Gasteiger partial charge < -0.3 is 4.57 Å². The highest BCUT2D eigenvalue weighted by Crippen LogP contribution is 2.21. The third kappa shape index (κ3) is 3.20. The third-order valence-corrected chi connectivity index (χ3v) is 5.19. The lowest BCUT2D eigenvalue weighted by atomic mass is 10.2. The summed E-state index contributed by atoms with van der Waals surface area (Å²) in [7, 11) is -2.36. The maximum Gasteiger partial charge on any atom is 0.267 e. The summed E-state index contributed by atoms with van der Waals surface area (Å²) in [5, 5.41) is 3.82. The molecule has 8 heteroatoms. The van der Waals surface area contributed by atoms with Gasteiger partial charge in [0.15, 0.2) is 0 Å². The molecule has 0 saturated carbocycles. The second-order valence-corrected chi connectivity index (χ2v) is 7.42. The number of carbonyl (C=O) groups is 1. The van der Waals surface area contributed by atoms with E-state index in [0.717, 1.165) is 11.4 Å². The smallest absolute Gasteiger partial charge is 0.267 e. The molecule has 3 aromatic rings. The highest BCUT2D eigenvalue weighted by Gasteiger charge is 2.23. The van der Waals surface area contributed by atoms with E-state index in [9.17, 15) is 13.2 Å². The number of benzene rings is 1. The molecule has 2 heterocycles. The number of amides is 1. The number of hydrogen-bond acceptors (Lipinski definition) is 4. The van der Waals surface area contributed by atoms with E-state index in [0.29, 0.717) is 11.3 Å². The Morgan fingerprint density at radius 3 is 2.44 bits per heavy atom. The second kappa shape index (κ2) is 6.21. The number of para-hydroxylation sites is 1. The summed E-state index contributed by atoms with van der Waals surface area (Å²) in [6, 6.07) is 11.2. The van der Waals surface area contributed by atoms with Gasteiger partial charge in [-0.2, -0.15) is 5.10 Å². The van der Waals surface area contributed by atoms with Crippen LogP contribution in [0.25, 0.3) is 5.69 Å². The lowest BCUT2D eigenvalue weighted by Crippen LogP contribution is -2.30. The monoisotopic (exact) mass is 358 g/mol. The Bertz CT molecular complexity index is 1030. The lowest BCUT2D eigenvalue weighted by Gasteiger charge is -2.10. The van der Waals surface area contributed by atoms with E-state index in [1.807, 2.05) is 41.8 Å². The Morgan fingerprint density at radius 1 is 1.16 bits per heavy atom. The molecule has 0 radical (unpaired) electrons. The van der Waals surface area contributed by atoms with E-state index in [-0.39, 0.29) is 4.90 Å². The quantitative estimate of drug-likeness (QED) is 0.772. The molecule has 1 aromatic carbocycles. The molecule has 130 valence electrons. The van der Waals surface area contributed by atoms with Crippen molar-refractivity contribution in [1.82, 2.24) is 19.1 Å². The van der Waals surface area contributed by atoms with Crippen molar-refractivity contribution < 1.29 is 13.2 Å². The average molecular weight is 358 g/mol. The highest BCUT2D eigenvalue weighted by molar-refractivity contribution is 7.90. The van der Waals surface area contributed by atoms with Crippen LogP contribution in [0.5, 0.6) is 0 Å². The van der Waals surface area contributed by atoms with E-state index in [1.165, 1.54) is 17.1 Å². The van der Waals surface area contributed by atoms with Gasteiger partial charge >= 0.3 is 0 Å². The Morgan fingerprint density at radius 2 is 1.84 bits per heavy atom. The normalized spacial score (nSPS) is 11.5. The van der Waals surface area contributed by atoms with Crippen LogP contribution in [-0.4, -0.2) is 28.7 Å². The maximum absolute atomic E-state index is 12.5. The van der Waals surface area contributed by atoms with Gasteiger partial charge in [-0.25, -0.2) is 13.1 Å². The van der Waals surface area contributed by atoms with E-state index >= 15 is 0 Å². The summed E-state index contributed by atoms with van der Waals surface area (Å²) in [4.78, 5) is 12.5. The Hall–Kier alpha value is -2.87. The van der Waals surface area contributed by atoms with Crippen LogP contribution in [0.2, 0.25) is 0 Å². The SMILES string of the molecule is Cc1cc(C(=O)NS(=O)(=O)c2cnn(C)c2)c(C)n1-c1ccccc1. The average Bonchev–Trinajstić information content (AvgIpc) is 3.12. The zero-order chi connectivity index (χ0) is 18.2. The molecule has 1 N–H and O–H groups in total. The van der Waals surface area contributed by atoms with Crippen molar-refractivity contribution in [2.75, 3.05) is 0 Å². The Kier molecular flexibility index (Phi) is 4.22. The summed E-state index contributed by atoms with van der Waals surface area (Å²) in [5.74, 6) is -0.667. The van der Waals surface area contributed by atoms with Crippen LogP contribution in [0.4, 0.5) is 0 Å². The first-order valence-electron chi connectivity index (χ1n) is 7.60. The van der Waals surface area contributed by atoms with Gasteiger partial charge in [-0.15, -0.1) is 0 Å². The van der Waals surface area contributed by atoms with E-state index in [2.05, 4.69) is 9.82 Å². The van der Waals surface area contributed by atoms with Gasteiger partial charge in [0.1, 0.15) is 4.90 Å². The van der Waals surface area contributed by atoms with Gasteiger partial charge in [0.05, 0.1) is 11.8 Å². The van der Waals surface area contributed by atoms with Gasteiger partial charge in [-0.3, -0.25) is 9.48 Å².